The molecular formula is C11H13FN2O4. The Morgan fingerprint density at radius 3 is 2.28 bits per heavy atom. The molecule has 7 heteroatoms. The van der Waals surface area contributed by atoms with Gasteiger partial charge in [-0.1, -0.05) is 0 Å². The number of aromatic nitrogens is 1. The minimum absolute atomic E-state index is 0.416. The van der Waals surface area contributed by atoms with E-state index in [0.717, 1.165) is 6.20 Å². The predicted molar refractivity (Wildman–Crippen MR) is 59.5 cm³/mol. The van der Waals surface area contributed by atoms with Gasteiger partial charge in [0, 0.05) is 0 Å². The summed E-state index contributed by atoms with van der Waals surface area (Å²) in [6.45, 7) is 0.769. The molecule has 18 heavy (non-hydrogen) atoms. The van der Waals surface area contributed by atoms with Crippen LogP contribution in [0.2, 0.25) is 0 Å². The van der Waals surface area contributed by atoms with Crippen LogP contribution in [0.5, 0.6) is 0 Å². The highest BCUT2D eigenvalue weighted by Gasteiger charge is 2.21. The van der Waals surface area contributed by atoms with Gasteiger partial charge in [-0.15, -0.1) is 0 Å². The van der Waals surface area contributed by atoms with Gasteiger partial charge in [0.05, 0.1) is 31.0 Å². The van der Waals surface area contributed by atoms with E-state index in [4.69, 9.17) is 10.2 Å². The summed E-state index contributed by atoms with van der Waals surface area (Å²) in [7, 11) is 0. The Labute approximate surface area is 103 Å². The van der Waals surface area contributed by atoms with Crippen molar-refractivity contribution in [2.75, 3.05) is 13.1 Å². The Morgan fingerprint density at radius 2 is 1.89 bits per heavy atom. The molecule has 1 rings (SSSR count). The maximum absolute atomic E-state index is 12.7. The predicted octanol–water partition coefficient (Wildman–Crippen LogP) is 0.753. The summed E-state index contributed by atoms with van der Waals surface area (Å²) < 4.78 is 12.7. The number of carboxylic acid groups (broad SMARTS) is 2. The SMILES string of the molecule is CC(c1ccc(F)cn1)N(CC(=O)O)CC(=O)O. The largest absolute Gasteiger partial charge is 0.480 e. The Morgan fingerprint density at radius 1 is 1.33 bits per heavy atom. The monoisotopic (exact) mass is 256 g/mol. The summed E-state index contributed by atoms with van der Waals surface area (Å²) in [5.74, 6) is -2.77. The van der Waals surface area contributed by atoms with Crippen LogP contribution in [0.3, 0.4) is 0 Å². The molecule has 0 aromatic carbocycles. The number of carbonyl (C=O) groups is 2. The molecule has 0 saturated carbocycles. The number of aliphatic carboxylic acids is 2. The normalized spacial score (nSPS) is 12.4. The molecule has 0 aliphatic rings. The van der Waals surface area contributed by atoms with Crippen LogP contribution in [-0.2, 0) is 9.59 Å². The number of halogens is 1. The molecule has 1 heterocycles. The van der Waals surface area contributed by atoms with Crippen LogP contribution in [0.25, 0.3) is 0 Å². The van der Waals surface area contributed by atoms with Crippen LogP contribution in [0.15, 0.2) is 18.3 Å². The van der Waals surface area contributed by atoms with Crippen molar-refractivity contribution in [1.82, 2.24) is 9.88 Å². The first kappa shape index (κ1) is 14.0. The molecule has 0 radical (unpaired) electrons. The highest BCUT2D eigenvalue weighted by Crippen LogP contribution is 2.17. The van der Waals surface area contributed by atoms with Crippen LogP contribution >= 0.6 is 0 Å². The van der Waals surface area contributed by atoms with Crippen molar-refractivity contribution in [2.24, 2.45) is 0 Å². The second kappa shape index (κ2) is 6.06. The highest BCUT2D eigenvalue weighted by atomic mass is 19.1. The summed E-state index contributed by atoms with van der Waals surface area (Å²) in [6, 6.07) is 2.06. The third-order valence-corrected chi connectivity index (χ3v) is 2.40. The van der Waals surface area contributed by atoms with Gasteiger partial charge in [-0.2, -0.15) is 0 Å². The van der Waals surface area contributed by atoms with Crippen molar-refractivity contribution >= 4 is 11.9 Å². The van der Waals surface area contributed by atoms with E-state index in [1.54, 1.807) is 6.92 Å². The van der Waals surface area contributed by atoms with E-state index in [-0.39, 0.29) is 0 Å². The van der Waals surface area contributed by atoms with Crippen molar-refractivity contribution < 1.29 is 24.2 Å². The smallest absolute Gasteiger partial charge is 0.317 e. The molecule has 0 amide bonds. The lowest BCUT2D eigenvalue weighted by molar-refractivity contribution is -0.142. The molecule has 0 aliphatic carbocycles. The van der Waals surface area contributed by atoms with E-state index < -0.39 is 36.9 Å². The van der Waals surface area contributed by atoms with E-state index in [9.17, 15) is 14.0 Å². The quantitative estimate of drug-likeness (QED) is 0.780. The Kier molecular flexibility index (Phi) is 4.73. The number of hydrogen-bond acceptors (Lipinski definition) is 4. The highest BCUT2D eigenvalue weighted by molar-refractivity contribution is 5.72. The summed E-state index contributed by atoms with van der Waals surface area (Å²) in [5, 5.41) is 17.4. The van der Waals surface area contributed by atoms with Crippen LogP contribution in [-0.4, -0.2) is 45.1 Å². The Hall–Kier alpha value is -2.02. The van der Waals surface area contributed by atoms with E-state index in [1.807, 2.05) is 0 Å². The molecule has 0 saturated heterocycles. The molecule has 1 atom stereocenters. The van der Waals surface area contributed by atoms with Gasteiger partial charge in [0.25, 0.3) is 0 Å². The summed E-state index contributed by atoms with van der Waals surface area (Å²) in [6.07, 6.45) is 1.01. The third kappa shape index (κ3) is 4.10. The number of carboxylic acids is 2. The fraction of sp³-hybridized carbons (Fsp3) is 0.364. The topological polar surface area (TPSA) is 90.7 Å². The first-order valence-electron chi connectivity index (χ1n) is 5.19. The average Bonchev–Trinajstić information content (AvgIpc) is 2.27. The molecule has 0 fully saturated rings. The standard InChI is InChI=1S/C11H13FN2O4/c1-7(9-3-2-8(12)4-13-9)14(5-10(15)16)6-11(17)18/h2-4,7H,5-6H2,1H3,(H,15,16)(H,17,18). The van der Waals surface area contributed by atoms with Crippen LogP contribution < -0.4 is 0 Å². The average molecular weight is 256 g/mol. The summed E-state index contributed by atoms with van der Waals surface area (Å²) in [4.78, 5) is 26.4. The lowest BCUT2D eigenvalue weighted by atomic mass is 10.2. The zero-order valence-corrected chi connectivity index (χ0v) is 9.71. The Balaban J connectivity index is 2.86. The zero-order chi connectivity index (χ0) is 13.7. The van der Waals surface area contributed by atoms with Crippen LogP contribution in [0, 0.1) is 5.82 Å². The fourth-order valence-corrected chi connectivity index (χ4v) is 1.50. The molecule has 2 N–H and O–H groups in total. The van der Waals surface area contributed by atoms with Gasteiger partial charge in [-0.3, -0.25) is 19.5 Å². The van der Waals surface area contributed by atoms with E-state index >= 15 is 0 Å². The lowest BCUT2D eigenvalue weighted by Crippen LogP contribution is -2.36. The van der Waals surface area contributed by atoms with Gasteiger partial charge < -0.3 is 10.2 Å². The minimum atomic E-state index is -1.13. The van der Waals surface area contributed by atoms with E-state index in [2.05, 4.69) is 4.98 Å². The minimum Gasteiger partial charge on any atom is -0.480 e. The van der Waals surface area contributed by atoms with Gasteiger partial charge in [0.2, 0.25) is 0 Å². The lowest BCUT2D eigenvalue weighted by Gasteiger charge is -2.25. The molecule has 1 aromatic heterocycles. The van der Waals surface area contributed by atoms with Gasteiger partial charge in [-0.05, 0) is 19.1 Å². The van der Waals surface area contributed by atoms with E-state index in [1.165, 1.54) is 17.0 Å². The van der Waals surface area contributed by atoms with Crippen molar-refractivity contribution in [3.05, 3.63) is 29.8 Å². The van der Waals surface area contributed by atoms with Crippen LogP contribution in [0.4, 0.5) is 4.39 Å². The first-order chi connectivity index (χ1) is 8.40. The molecule has 0 aliphatic heterocycles. The maximum Gasteiger partial charge on any atom is 0.317 e. The van der Waals surface area contributed by atoms with E-state index in [0.29, 0.717) is 5.69 Å². The fourth-order valence-electron chi connectivity index (χ4n) is 1.50. The molecule has 0 spiro atoms. The van der Waals surface area contributed by atoms with Gasteiger partial charge >= 0.3 is 11.9 Å². The van der Waals surface area contributed by atoms with Crippen molar-refractivity contribution in [3.63, 3.8) is 0 Å². The Bertz CT molecular complexity index is 419. The molecule has 98 valence electrons. The molecule has 1 unspecified atom stereocenters. The van der Waals surface area contributed by atoms with Gasteiger partial charge in [0.1, 0.15) is 5.82 Å². The van der Waals surface area contributed by atoms with Gasteiger partial charge in [0.15, 0.2) is 0 Å². The zero-order valence-electron chi connectivity index (χ0n) is 9.71. The van der Waals surface area contributed by atoms with Gasteiger partial charge in [-0.25, -0.2) is 4.39 Å². The molecule has 0 bridgehead atoms. The number of pyridine rings is 1. The number of nitrogens with zero attached hydrogens (tertiary/aromatic N) is 2. The second-order valence-corrected chi connectivity index (χ2v) is 3.77. The molecule has 1 aromatic rings. The summed E-state index contributed by atoms with van der Waals surface area (Å²) in [5.41, 5.74) is 0.416. The van der Waals surface area contributed by atoms with Crippen LogP contribution in [0.1, 0.15) is 18.7 Å². The molecule has 6 nitrogen and oxygen atoms in total. The van der Waals surface area contributed by atoms with Crippen molar-refractivity contribution in [3.8, 4) is 0 Å². The second-order valence-electron chi connectivity index (χ2n) is 3.77. The number of hydrogen-bond donors (Lipinski definition) is 2. The number of rotatable bonds is 6. The maximum atomic E-state index is 12.7. The third-order valence-electron chi connectivity index (χ3n) is 2.40. The van der Waals surface area contributed by atoms with Crippen molar-refractivity contribution in [1.29, 1.82) is 0 Å². The molecular weight excluding hydrogens is 243 g/mol. The summed E-state index contributed by atoms with van der Waals surface area (Å²) >= 11 is 0. The van der Waals surface area contributed by atoms with Crippen molar-refractivity contribution in [2.45, 2.75) is 13.0 Å². The first-order valence-corrected chi connectivity index (χ1v) is 5.19.